The van der Waals surface area contributed by atoms with Crippen molar-refractivity contribution < 1.29 is 5.11 Å². The van der Waals surface area contributed by atoms with E-state index in [1.165, 1.54) is 5.56 Å². The Kier molecular flexibility index (Phi) is 4.83. The smallest absolute Gasteiger partial charge is 0.105 e. The highest BCUT2D eigenvalue weighted by Crippen LogP contribution is 2.26. The summed E-state index contributed by atoms with van der Waals surface area (Å²) >= 11 is 0. The number of piperidine rings is 1. The van der Waals surface area contributed by atoms with E-state index >= 15 is 0 Å². The van der Waals surface area contributed by atoms with Gasteiger partial charge < -0.3 is 14.6 Å². The predicted octanol–water partition coefficient (Wildman–Crippen LogP) is 2.82. The zero-order chi connectivity index (χ0) is 16.3. The van der Waals surface area contributed by atoms with Crippen LogP contribution in [0.5, 0.6) is 0 Å². The quantitative estimate of drug-likeness (QED) is 0.923. The van der Waals surface area contributed by atoms with Crippen molar-refractivity contribution in [1.29, 1.82) is 0 Å². The van der Waals surface area contributed by atoms with Crippen molar-refractivity contribution in [3.63, 3.8) is 0 Å². The van der Waals surface area contributed by atoms with Gasteiger partial charge in [-0.15, -0.1) is 0 Å². The van der Waals surface area contributed by atoms with Crippen LogP contribution in [-0.2, 0) is 6.54 Å². The normalized spacial score (nSPS) is 19.6. The SMILES string of the molecule is Cc1nccn1CC1(O)CCN(C[C@H](C)c2ccccc2)CC1. The highest BCUT2D eigenvalue weighted by Gasteiger charge is 2.33. The number of likely N-dealkylation sites (tertiary alicyclic amines) is 1. The minimum Gasteiger partial charge on any atom is -0.388 e. The van der Waals surface area contributed by atoms with Gasteiger partial charge in [0.25, 0.3) is 0 Å². The summed E-state index contributed by atoms with van der Waals surface area (Å²) in [6, 6.07) is 10.7. The van der Waals surface area contributed by atoms with Crippen LogP contribution in [-0.4, -0.2) is 44.8 Å². The van der Waals surface area contributed by atoms with E-state index in [2.05, 4.69) is 51.7 Å². The van der Waals surface area contributed by atoms with Gasteiger partial charge in [0, 0.05) is 32.0 Å². The summed E-state index contributed by atoms with van der Waals surface area (Å²) < 4.78 is 2.06. The topological polar surface area (TPSA) is 41.3 Å². The summed E-state index contributed by atoms with van der Waals surface area (Å²) in [4.78, 5) is 6.72. The first-order valence-corrected chi connectivity index (χ1v) is 8.53. The average molecular weight is 313 g/mol. The van der Waals surface area contributed by atoms with Crippen molar-refractivity contribution >= 4 is 0 Å². The van der Waals surface area contributed by atoms with E-state index in [0.29, 0.717) is 12.5 Å². The summed E-state index contributed by atoms with van der Waals surface area (Å²) in [5, 5.41) is 10.9. The number of nitrogens with zero attached hydrogens (tertiary/aromatic N) is 3. The molecule has 1 atom stereocenters. The van der Waals surface area contributed by atoms with E-state index in [9.17, 15) is 5.11 Å². The van der Waals surface area contributed by atoms with Crippen LogP contribution in [0.1, 0.15) is 37.1 Å². The molecule has 1 aliphatic rings. The molecule has 0 saturated carbocycles. The lowest BCUT2D eigenvalue weighted by molar-refractivity contribution is -0.0352. The Hall–Kier alpha value is -1.65. The molecule has 2 heterocycles. The van der Waals surface area contributed by atoms with Crippen molar-refractivity contribution in [2.75, 3.05) is 19.6 Å². The van der Waals surface area contributed by atoms with Crippen molar-refractivity contribution in [3.05, 3.63) is 54.1 Å². The van der Waals surface area contributed by atoms with Gasteiger partial charge in [0.1, 0.15) is 5.82 Å². The molecule has 0 spiro atoms. The van der Waals surface area contributed by atoms with Crippen LogP contribution in [0.25, 0.3) is 0 Å². The lowest BCUT2D eigenvalue weighted by atomic mass is 9.90. The number of hydrogen-bond donors (Lipinski definition) is 1. The van der Waals surface area contributed by atoms with Gasteiger partial charge in [0.15, 0.2) is 0 Å². The molecule has 0 aliphatic carbocycles. The summed E-state index contributed by atoms with van der Waals surface area (Å²) in [7, 11) is 0. The van der Waals surface area contributed by atoms with Gasteiger partial charge in [-0.05, 0) is 31.2 Å². The fourth-order valence-corrected chi connectivity index (χ4v) is 3.47. The molecule has 23 heavy (non-hydrogen) atoms. The summed E-state index contributed by atoms with van der Waals surface area (Å²) in [5.74, 6) is 1.50. The third kappa shape index (κ3) is 4.01. The molecule has 0 radical (unpaired) electrons. The Balaban J connectivity index is 1.53. The van der Waals surface area contributed by atoms with E-state index in [0.717, 1.165) is 38.3 Å². The van der Waals surface area contributed by atoms with Crippen LogP contribution in [0.4, 0.5) is 0 Å². The molecule has 4 nitrogen and oxygen atoms in total. The Labute approximate surface area is 138 Å². The standard InChI is InChI=1S/C19H27N3O/c1-16(18-6-4-3-5-7-18)14-21-11-8-19(23,9-12-21)15-22-13-10-20-17(22)2/h3-7,10,13,16,23H,8-9,11-12,14-15H2,1-2H3/t16-/m0/s1. The molecule has 0 bridgehead atoms. The van der Waals surface area contributed by atoms with Crippen LogP contribution < -0.4 is 0 Å². The van der Waals surface area contributed by atoms with E-state index in [-0.39, 0.29) is 0 Å². The second-order valence-corrected chi connectivity index (χ2v) is 6.94. The monoisotopic (exact) mass is 313 g/mol. The summed E-state index contributed by atoms with van der Waals surface area (Å²) in [6.45, 7) is 7.90. The number of rotatable bonds is 5. The third-order valence-electron chi connectivity index (χ3n) is 5.08. The molecule has 3 rings (SSSR count). The van der Waals surface area contributed by atoms with Gasteiger partial charge in [0.2, 0.25) is 0 Å². The number of aryl methyl sites for hydroxylation is 1. The minimum atomic E-state index is -0.599. The van der Waals surface area contributed by atoms with Crippen LogP contribution in [0.3, 0.4) is 0 Å². The van der Waals surface area contributed by atoms with Gasteiger partial charge in [-0.25, -0.2) is 4.98 Å². The molecule has 1 aromatic carbocycles. The molecule has 1 saturated heterocycles. The zero-order valence-electron chi connectivity index (χ0n) is 14.2. The molecular formula is C19H27N3O. The molecule has 0 unspecified atom stereocenters. The van der Waals surface area contributed by atoms with Gasteiger partial charge >= 0.3 is 0 Å². The van der Waals surface area contributed by atoms with Gasteiger partial charge in [-0.3, -0.25) is 0 Å². The summed E-state index contributed by atoms with van der Waals surface area (Å²) in [6.07, 6.45) is 5.41. The van der Waals surface area contributed by atoms with Gasteiger partial charge in [-0.1, -0.05) is 37.3 Å². The van der Waals surface area contributed by atoms with Crippen LogP contribution in [0.2, 0.25) is 0 Å². The van der Waals surface area contributed by atoms with Crippen molar-refractivity contribution in [1.82, 2.24) is 14.5 Å². The maximum Gasteiger partial charge on any atom is 0.105 e. The number of aromatic nitrogens is 2. The van der Waals surface area contributed by atoms with Gasteiger partial charge in [-0.2, -0.15) is 0 Å². The zero-order valence-corrected chi connectivity index (χ0v) is 14.2. The first kappa shape index (κ1) is 16.2. The number of imidazole rings is 1. The van der Waals surface area contributed by atoms with Crippen LogP contribution in [0.15, 0.2) is 42.7 Å². The van der Waals surface area contributed by atoms with Crippen molar-refractivity contribution in [2.45, 2.75) is 44.8 Å². The van der Waals surface area contributed by atoms with Crippen molar-refractivity contribution in [3.8, 4) is 0 Å². The number of aliphatic hydroxyl groups is 1. The highest BCUT2D eigenvalue weighted by atomic mass is 16.3. The van der Waals surface area contributed by atoms with Crippen molar-refractivity contribution in [2.24, 2.45) is 0 Å². The molecule has 4 heteroatoms. The Morgan fingerprint density at radius 2 is 1.91 bits per heavy atom. The Bertz CT molecular complexity index is 615. The van der Waals surface area contributed by atoms with Crippen LogP contribution >= 0.6 is 0 Å². The van der Waals surface area contributed by atoms with Crippen LogP contribution in [0, 0.1) is 6.92 Å². The summed E-state index contributed by atoms with van der Waals surface area (Å²) in [5.41, 5.74) is 0.792. The predicted molar refractivity (Wildman–Crippen MR) is 92.4 cm³/mol. The van der Waals surface area contributed by atoms with E-state index in [1.807, 2.05) is 13.1 Å². The molecule has 0 amide bonds. The molecular weight excluding hydrogens is 286 g/mol. The lowest BCUT2D eigenvalue weighted by Gasteiger charge is -2.39. The highest BCUT2D eigenvalue weighted by molar-refractivity contribution is 5.19. The molecule has 1 aromatic heterocycles. The largest absolute Gasteiger partial charge is 0.388 e. The molecule has 2 aromatic rings. The third-order valence-corrected chi connectivity index (χ3v) is 5.08. The molecule has 1 aliphatic heterocycles. The second-order valence-electron chi connectivity index (χ2n) is 6.94. The Morgan fingerprint density at radius 1 is 1.22 bits per heavy atom. The minimum absolute atomic E-state index is 0.526. The first-order valence-electron chi connectivity index (χ1n) is 8.53. The molecule has 1 N–H and O–H groups in total. The fourth-order valence-electron chi connectivity index (χ4n) is 3.47. The lowest BCUT2D eigenvalue weighted by Crippen LogP contribution is -2.47. The first-order chi connectivity index (χ1) is 11.1. The van der Waals surface area contributed by atoms with E-state index in [1.54, 1.807) is 6.20 Å². The average Bonchev–Trinajstić information content (AvgIpc) is 2.95. The molecule has 1 fully saturated rings. The maximum absolute atomic E-state index is 10.9. The van der Waals surface area contributed by atoms with E-state index in [4.69, 9.17) is 0 Å². The van der Waals surface area contributed by atoms with Gasteiger partial charge in [0.05, 0.1) is 12.1 Å². The maximum atomic E-state index is 10.9. The number of benzene rings is 1. The fraction of sp³-hybridized carbons (Fsp3) is 0.526. The molecule has 124 valence electrons. The second kappa shape index (κ2) is 6.85. The Morgan fingerprint density at radius 3 is 2.52 bits per heavy atom. The van der Waals surface area contributed by atoms with E-state index < -0.39 is 5.60 Å². The number of hydrogen-bond acceptors (Lipinski definition) is 3.